The monoisotopic (exact) mass is 322 g/mol. The second-order valence-corrected chi connectivity index (χ2v) is 6.16. The lowest BCUT2D eigenvalue weighted by atomic mass is 10.1. The molecule has 0 heterocycles. The van der Waals surface area contributed by atoms with Crippen LogP contribution in [0.3, 0.4) is 0 Å². The molecule has 2 aromatic rings. The highest BCUT2D eigenvalue weighted by molar-refractivity contribution is 7.90. The number of nitrogens with one attached hydrogen (secondary N) is 1. The molecular formula is C14H9ClNO4S. The van der Waals surface area contributed by atoms with Crippen LogP contribution in [0, 0.1) is 0 Å². The molecular weight excluding hydrogens is 314 g/mol. The number of rotatable bonds is 4. The van der Waals surface area contributed by atoms with Crippen LogP contribution in [0.15, 0.2) is 53.4 Å². The van der Waals surface area contributed by atoms with Gasteiger partial charge in [-0.1, -0.05) is 29.8 Å². The Hall–Kier alpha value is -2.18. The molecule has 2 rings (SSSR count). The molecule has 0 aliphatic rings. The highest BCUT2D eigenvalue weighted by Gasteiger charge is 2.20. The molecule has 0 aromatic heterocycles. The van der Waals surface area contributed by atoms with Crippen molar-refractivity contribution in [2.45, 2.75) is 4.90 Å². The van der Waals surface area contributed by atoms with Crippen molar-refractivity contribution in [2.75, 3.05) is 0 Å². The molecule has 0 bridgehead atoms. The second kappa shape index (κ2) is 6.07. The molecule has 1 N–H and O–H groups in total. The van der Waals surface area contributed by atoms with Gasteiger partial charge in [-0.05, 0) is 30.3 Å². The van der Waals surface area contributed by atoms with Gasteiger partial charge in [0, 0.05) is 10.6 Å². The van der Waals surface area contributed by atoms with Crippen LogP contribution in [0.4, 0.5) is 0 Å². The molecule has 0 spiro atoms. The van der Waals surface area contributed by atoms with Crippen molar-refractivity contribution in [1.29, 1.82) is 0 Å². The van der Waals surface area contributed by atoms with Crippen LogP contribution in [0.25, 0.3) is 0 Å². The van der Waals surface area contributed by atoms with Crippen LogP contribution in [0.1, 0.15) is 15.9 Å². The highest BCUT2D eigenvalue weighted by atomic mass is 35.5. The summed E-state index contributed by atoms with van der Waals surface area (Å²) in [5, 5.41) is 0.376. The molecule has 0 saturated carbocycles. The Bertz CT molecular complexity index is 785. The first-order valence-electron chi connectivity index (χ1n) is 5.74. The van der Waals surface area contributed by atoms with Crippen molar-refractivity contribution < 1.29 is 18.0 Å². The average Bonchev–Trinajstić information content (AvgIpc) is 2.47. The normalized spacial score (nSPS) is 10.9. The SMILES string of the molecule is O=[C]c1ccccc1C(=O)NS(=O)(=O)c1ccc(Cl)cc1. The predicted octanol–water partition coefficient (Wildman–Crippen LogP) is 1.92. The van der Waals surface area contributed by atoms with Crippen LogP contribution < -0.4 is 4.72 Å². The van der Waals surface area contributed by atoms with Crippen molar-refractivity contribution in [3.63, 3.8) is 0 Å². The van der Waals surface area contributed by atoms with Gasteiger partial charge in [0.2, 0.25) is 6.29 Å². The van der Waals surface area contributed by atoms with E-state index < -0.39 is 15.9 Å². The third-order valence-electron chi connectivity index (χ3n) is 2.63. The Balaban J connectivity index is 2.30. The van der Waals surface area contributed by atoms with Gasteiger partial charge in [-0.2, -0.15) is 0 Å². The zero-order valence-corrected chi connectivity index (χ0v) is 12.1. The minimum atomic E-state index is -4.04. The molecule has 0 fully saturated rings. The summed E-state index contributed by atoms with van der Waals surface area (Å²) in [6, 6.07) is 11.1. The molecule has 0 unspecified atom stereocenters. The van der Waals surface area contributed by atoms with E-state index in [0.717, 1.165) is 0 Å². The van der Waals surface area contributed by atoms with Crippen molar-refractivity contribution in [2.24, 2.45) is 0 Å². The highest BCUT2D eigenvalue weighted by Crippen LogP contribution is 2.15. The standard InChI is InChI=1S/C14H9ClNO4S/c15-11-5-7-12(8-6-11)21(19,20)16-14(18)13-4-2-1-3-10(13)9-17/h1-8H,(H,16,18). The summed E-state index contributed by atoms with van der Waals surface area (Å²) in [5.74, 6) is -0.899. The quantitative estimate of drug-likeness (QED) is 0.932. The van der Waals surface area contributed by atoms with Gasteiger partial charge in [0.15, 0.2) is 0 Å². The molecule has 21 heavy (non-hydrogen) atoms. The maximum atomic E-state index is 12.1. The number of amides is 1. The molecule has 107 valence electrons. The fraction of sp³-hybridized carbons (Fsp3) is 0. The number of carbonyl (C=O) groups is 1. The molecule has 0 saturated heterocycles. The minimum Gasteiger partial charge on any atom is -0.285 e. The van der Waals surface area contributed by atoms with Crippen molar-refractivity contribution in [3.8, 4) is 0 Å². The molecule has 1 radical (unpaired) electrons. The van der Waals surface area contributed by atoms with E-state index >= 15 is 0 Å². The van der Waals surface area contributed by atoms with Crippen molar-refractivity contribution >= 4 is 33.8 Å². The Kier molecular flexibility index (Phi) is 4.40. The van der Waals surface area contributed by atoms with Gasteiger partial charge in [0.1, 0.15) is 0 Å². The van der Waals surface area contributed by atoms with E-state index in [4.69, 9.17) is 11.6 Å². The number of carbonyl (C=O) groups excluding carboxylic acids is 2. The van der Waals surface area contributed by atoms with Crippen LogP contribution >= 0.6 is 11.6 Å². The van der Waals surface area contributed by atoms with Gasteiger partial charge in [0.25, 0.3) is 15.9 Å². The lowest BCUT2D eigenvalue weighted by molar-refractivity contribution is 0.0981. The summed E-state index contributed by atoms with van der Waals surface area (Å²) in [7, 11) is -4.04. The van der Waals surface area contributed by atoms with E-state index in [1.807, 2.05) is 4.72 Å². The van der Waals surface area contributed by atoms with Gasteiger partial charge >= 0.3 is 0 Å². The predicted molar refractivity (Wildman–Crippen MR) is 77.3 cm³/mol. The number of hydrogen-bond acceptors (Lipinski definition) is 4. The summed E-state index contributed by atoms with van der Waals surface area (Å²) in [5.41, 5.74) is -0.0775. The first-order chi connectivity index (χ1) is 9.94. The fourth-order valence-electron chi connectivity index (χ4n) is 1.62. The van der Waals surface area contributed by atoms with Gasteiger partial charge in [0.05, 0.1) is 10.5 Å². The smallest absolute Gasteiger partial charge is 0.265 e. The maximum absolute atomic E-state index is 12.1. The van der Waals surface area contributed by atoms with Crippen LogP contribution in [-0.2, 0) is 14.8 Å². The van der Waals surface area contributed by atoms with Gasteiger partial charge in [-0.25, -0.2) is 13.1 Å². The van der Waals surface area contributed by atoms with Gasteiger partial charge < -0.3 is 0 Å². The largest absolute Gasteiger partial charge is 0.285 e. The number of hydrogen-bond donors (Lipinski definition) is 1. The van der Waals surface area contributed by atoms with E-state index in [1.165, 1.54) is 42.5 Å². The van der Waals surface area contributed by atoms with E-state index in [2.05, 4.69) is 0 Å². The first-order valence-corrected chi connectivity index (χ1v) is 7.60. The summed E-state index contributed by atoms with van der Waals surface area (Å²) in [6.07, 6.45) is 1.59. The lowest BCUT2D eigenvalue weighted by Gasteiger charge is -2.08. The van der Waals surface area contributed by atoms with E-state index in [0.29, 0.717) is 5.02 Å². The number of sulfonamides is 1. The summed E-state index contributed by atoms with van der Waals surface area (Å²) >= 11 is 5.68. The molecule has 0 atom stereocenters. The summed E-state index contributed by atoms with van der Waals surface area (Å²) in [4.78, 5) is 22.6. The molecule has 5 nitrogen and oxygen atoms in total. The Morgan fingerprint density at radius 2 is 1.67 bits per heavy atom. The van der Waals surface area contributed by atoms with Crippen molar-refractivity contribution in [1.82, 2.24) is 4.72 Å². The molecule has 7 heteroatoms. The van der Waals surface area contributed by atoms with E-state index in [-0.39, 0.29) is 16.0 Å². The topological polar surface area (TPSA) is 80.3 Å². The Morgan fingerprint density at radius 3 is 2.29 bits per heavy atom. The van der Waals surface area contributed by atoms with Crippen molar-refractivity contribution in [3.05, 3.63) is 64.7 Å². The zero-order valence-electron chi connectivity index (χ0n) is 10.5. The van der Waals surface area contributed by atoms with E-state index in [1.54, 1.807) is 12.4 Å². The molecule has 1 amide bonds. The average molecular weight is 323 g/mol. The summed E-state index contributed by atoms with van der Waals surface area (Å²) < 4.78 is 26.0. The van der Waals surface area contributed by atoms with Crippen LogP contribution in [0.5, 0.6) is 0 Å². The van der Waals surface area contributed by atoms with E-state index in [9.17, 15) is 18.0 Å². The van der Waals surface area contributed by atoms with Gasteiger partial charge in [-0.15, -0.1) is 0 Å². The zero-order chi connectivity index (χ0) is 15.5. The molecule has 0 aliphatic carbocycles. The number of halogens is 1. The van der Waals surface area contributed by atoms with Crippen LogP contribution in [-0.4, -0.2) is 20.6 Å². The molecule has 0 aliphatic heterocycles. The number of benzene rings is 2. The maximum Gasteiger partial charge on any atom is 0.265 e. The first kappa shape index (κ1) is 15.2. The van der Waals surface area contributed by atoms with Crippen LogP contribution in [0.2, 0.25) is 5.02 Å². The van der Waals surface area contributed by atoms with Gasteiger partial charge in [-0.3, -0.25) is 9.59 Å². The third kappa shape index (κ3) is 3.48. The Labute approximate surface area is 126 Å². The fourth-order valence-corrected chi connectivity index (χ4v) is 2.71. The lowest BCUT2D eigenvalue weighted by Crippen LogP contribution is -2.31. The molecule has 2 aromatic carbocycles. The minimum absolute atomic E-state index is 0.0127. The Morgan fingerprint density at radius 1 is 1.05 bits per heavy atom. The summed E-state index contributed by atoms with van der Waals surface area (Å²) in [6.45, 7) is 0. The third-order valence-corrected chi connectivity index (χ3v) is 4.23. The second-order valence-electron chi connectivity index (χ2n) is 4.04.